The van der Waals surface area contributed by atoms with Gasteiger partial charge in [-0.1, -0.05) is 74.4 Å². The van der Waals surface area contributed by atoms with Gasteiger partial charge in [0.2, 0.25) is 5.91 Å². The third kappa shape index (κ3) is 5.94. The molecule has 7 nitrogen and oxygen atoms in total. The second-order valence-corrected chi connectivity index (χ2v) is 9.80. The number of hydrazone groups is 1. The number of aryl methyl sites for hydroxylation is 1. The van der Waals surface area contributed by atoms with E-state index in [-0.39, 0.29) is 12.3 Å². The Labute approximate surface area is 219 Å². The van der Waals surface area contributed by atoms with Gasteiger partial charge in [0.1, 0.15) is 5.75 Å². The summed E-state index contributed by atoms with van der Waals surface area (Å²) in [5, 5.41) is 7.00. The first kappa shape index (κ1) is 26.2. The normalized spacial score (nSPS) is 16.2. The summed E-state index contributed by atoms with van der Waals surface area (Å²) >= 11 is 0. The van der Waals surface area contributed by atoms with Gasteiger partial charge in [-0.25, -0.2) is 5.84 Å². The van der Waals surface area contributed by atoms with Crippen molar-refractivity contribution in [1.82, 2.24) is 5.43 Å². The van der Waals surface area contributed by atoms with Crippen molar-refractivity contribution in [2.45, 2.75) is 52.4 Å². The Balaban J connectivity index is 1.82. The Morgan fingerprint density at radius 3 is 2.62 bits per heavy atom. The van der Waals surface area contributed by atoms with Crippen molar-refractivity contribution in [3.8, 4) is 16.9 Å². The number of fused-ring (bicyclic) bond motifs is 1. The summed E-state index contributed by atoms with van der Waals surface area (Å²) in [4.78, 5) is 13.2. The van der Waals surface area contributed by atoms with Gasteiger partial charge in [-0.2, -0.15) is 5.10 Å². The summed E-state index contributed by atoms with van der Waals surface area (Å²) in [5.41, 5.74) is 9.16. The monoisotopic (exact) mass is 499 g/mol. The number of nitrogens with one attached hydrogen (secondary N) is 2. The second kappa shape index (κ2) is 11.9. The van der Waals surface area contributed by atoms with E-state index >= 15 is 0 Å². The molecule has 0 radical (unpaired) electrons. The Bertz CT molecular complexity index is 1270. The minimum Gasteiger partial charge on any atom is -0.491 e. The molecule has 0 fully saturated rings. The van der Waals surface area contributed by atoms with Gasteiger partial charge in [0.25, 0.3) is 0 Å². The zero-order chi connectivity index (χ0) is 26.4. The van der Waals surface area contributed by atoms with E-state index in [4.69, 9.17) is 16.4 Å². The van der Waals surface area contributed by atoms with E-state index in [0.29, 0.717) is 30.0 Å². The van der Waals surface area contributed by atoms with Crippen LogP contribution in [0.15, 0.2) is 65.8 Å². The van der Waals surface area contributed by atoms with Gasteiger partial charge >= 0.3 is 0 Å². The van der Waals surface area contributed by atoms with Gasteiger partial charge < -0.3 is 21.3 Å². The average molecular weight is 500 g/mol. The maximum atomic E-state index is 13.2. The predicted octanol–water partition coefficient (Wildman–Crippen LogP) is 5.23. The first-order valence-corrected chi connectivity index (χ1v) is 13.0. The molecule has 3 aromatic rings. The van der Waals surface area contributed by atoms with Crippen LogP contribution in [0, 0.1) is 12.8 Å². The zero-order valence-electron chi connectivity index (χ0n) is 21.9. The van der Waals surface area contributed by atoms with Crippen molar-refractivity contribution in [1.29, 1.82) is 0 Å². The third-order valence-electron chi connectivity index (χ3n) is 7.27. The van der Waals surface area contributed by atoms with Crippen molar-refractivity contribution in [2.24, 2.45) is 22.7 Å². The van der Waals surface area contributed by atoms with E-state index in [2.05, 4.69) is 35.8 Å². The number of nitrogens with two attached hydrogens (primary N) is 2. The highest BCUT2D eigenvalue weighted by atomic mass is 16.5. The summed E-state index contributed by atoms with van der Waals surface area (Å²) in [6, 6.07) is 20.0. The summed E-state index contributed by atoms with van der Waals surface area (Å²) in [6.07, 6.45) is 3.34. The molecule has 0 spiro atoms. The molecule has 7 heteroatoms. The minimum absolute atomic E-state index is 0.0859. The number of nitrogens with zero attached hydrogens (tertiary/aromatic N) is 1. The van der Waals surface area contributed by atoms with Crippen LogP contribution in [0.3, 0.4) is 0 Å². The number of hydrogen-bond donors (Lipinski definition) is 4. The van der Waals surface area contributed by atoms with Gasteiger partial charge in [0.05, 0.1) is 18.7 Å². The molecule has 194 valence electrons. The molecule has 0 aromatic heterocycles. The van der Waals surface area contributed by atoms with Crippen LogP contribution in [0.25, 0.3) is 11.1 Å². The maximum absolute atomic E-state index is 13.2. The van der Waals surface area contributed by atoms with Crippen LogP contribution in [-0.2, 0) is 11.2 Å². The lowest BCUT2D eigenvalue weighted by Gasteiger charge is -2.25. The molecule has 1 amide bonds. The number of ether oxygens (including phenoxy) is 1. The molecule has 3 aromatic carbocycles. The largest absolute Gasteiger partial charge is 0.491 e. The molecule has 0 aliphatic carbocycles. The molecular formula is C30H37N5O2. The van der Waals surface area contributed by atoms with E-state index in [9.17, 15) is 4.79 Å². The van der Waals surface area contributed by atoms with Crippen molar-refractivity contribution in [3.63, 3.8) is 0 Å². The highest BCUT2D eigenvalue weighted by Gasteiger charge is 2.28. The molecule has 1 aliphatic heterocycles. The van der Waals surface area contributed by atoms with Gasteiger partial charge in [-0.05, 0) is 60.4 Å². The number of amides is 1. The Morgan fingerprint density at radius 2 is 1.92 bits per heavy atom. The van der Waals surface area contributed by atoms with Gasteiger partial charge in [0.15, 0.2) is 5.84 Å². The van der Waals surface area contributed by atoms with Crippen molar-refractivity contribution in [3.05, 3.63) is 82.9 Å². The van der Waals surface area contributed by atoms with Crippen LogP contribution in [-0.4, -0.2) is 18.3 Å². The van der Waals surface area contributed by atoms with Crippen molar-refractivity contribution < 1.29 is 9.53 Å². The Morgan fingerprint density at radius 1 is 1.16 bits per heavy atom. The first-order valence-electron chi connectivity index (χ1n) is 13.0. The van der Waals surface area contributed by atoms with Crippen LogP contribution in [0.4, 0.5) is 5.69 Å². The molecular weight excluding hydrogens is 462 g/mol. The Hall–Kier alpha value is -3.84. The summed E-state index contributed by atoms with van der Waals surface area (Å²) in [7, 11) is 0. The zero-order valence-corrected chi connectivity index (χ0v) is 21.9. The topological polar surface area (TPSA) is 115 Å². The minimum atomic E-state index is -0.0859. The van der Waals surface area contributed by atoms with Gasteiger partial charge in [-0.3, -0.25) is 4.79 Å². The second-order valence-electron chi connectivity index (χ2n) is 9.80. The molecule has 0 saturated heterocycles. The number of hydrogen-bond acceptors (Lipinski definition) is 5. The van der Waals surface area contributed by atoms with Gasteiger partial charge in [0, 0.05) is 11.1 Å². The smallest absolute Gasteiger partial charge is 0.228 e. The molecule has 1 heterocycles. The lowest BCUT2D eigenvalue weighted by atomic mass is 9.81. The van der Waals surface area contributed by atoms with Crippen molar-refractivity contribution >= 4 is 17.4 Å². The van der Waals surface area contributed by atoms with E-state index in [0.717, 1.165) is 58.4 Å². The average Bonchev–Trinajstić information content (AvgIpc) is 3.13. The highest BCUT2D eigenvalue weighted by molar-refractivity contribution is 6.04. The maximum Gasteiger partial charge on any atom is 0.228 e. The number of rotatable bonds is 7. The lowest BCUT2D eigenvalue weighted by Crippen LogP contribution is -2.32. The number of benzene rings is 3. The molecule has 4 rings (SSSR count). The fraction of sp³-hybridized carbons (Fsp3) is 0.333. The van der Waals surface area contributed by atoms with E-state index in [1.54, 1.807) is 0 Å². The molecule has 2 unspecified atom stereocenters. The molecule has 37 heavy (non-hydrogen) atoms. The third-order valence-corrected chi connectivity index (χ3v) is 7.27. The quantitative estimate of drug-likeness (QED) is 0.154. The highest BCUT2D eigenvalue weighted by Crippen LogP contribution is 2.45. The summed E-state index contributed by atoms with van der Waals surface area (Å²) in [5.74, 6) is 13.2. The summed E-state index contributed by atoms with van der Waals surface area (Å²) < 4.78 is 6.29. The number of anilines is 1. The van der Waals surface area contributed by atoms with Crippen molar-refractivity contribution in [2.75, 3.05) is 11.9 Å². The molecule has 1 aliphatic rings. The lowest BCUT2D eigenvalue weighted by molar-refractivity contribution is -0.115. The first-order chi connectivity index (χ1) is 17.9. The van der Waals surface area contributed by atoms with E-state index in [1.165, 1.54) is 0 Å². The van der Waals surface area contributed by atoms with Crippen LogP contribution in [0.5, 0.6) is 5.75 Å². The summed E-state index contributed by atoms with van der Waals surface area (Å²) in [6.45, 7) is 7.16. The van der Waals surface area contributed by atoms with Crippen LogP contribution in [0.1, 0.15) is 61.3 Å². The SMILES string of the molecule is CCC(C)C1CCCOc2c(NC(=O)Cc3ccc(C)cc3)cc(-c3ccccc3/C(=N/N)NN)cc21. The number of carbonyl (C=O) groups excluding carboxylic acids is 1. The molecule has 2 atom stereocenters. The molecule has 0 saturated carbocycles. The fourth-order valence-electron chi connectivity index (χ4n) is 5.06. The van der Waals surface area contributed by atoms with Crippen LogP contribution in [0.2, 0.25) is 0 Å². The number of hydrazine groups is 1. The van der Waals surface area contributed by atoms with Crippen LogP contribution >= 0.6 is 0 Å². The molecule has 6 N–H and O–H groups in total. The number of amidine groups is 1. The number of carbonyl (C=O) groups is 1. The van der Waals surface area contributed by atoms with E-state index in [1.807, 2.05) is 61.5 Å². The van der Waals surface area contributed by atoms with Crippen LogP contribution < -0.4 is 27.2 Å². The molecule has 0 bridgehead atoms. The van der Waals surface area contributed by atoms with Gasteiger partial charge in [-0.15, -0.1) is 0 Å². The Kier molecular flexibility index (Phi) is 8.46. The predicted molar refractivity (Wildman–Crippen MR) is 150 cm³/mol. The fourth-order valence-corrected chi connectivity index (χ4v) is 5.06. The van der Waals surface area contributed by atoms with E-state index < -0.39 is 0 Å². The standard InChI is InChI=1S/C30H37N5O2/c1-4-20(3)23-10-7-15-37-29-26(23)17-22(24-8-5-6-9-25(24)30(34-31)35-32)18-27(29)33-28(36)16-21-13-11-19(2)12-14-21/h5-6,8-9,11-14,17-18,20,23H,4,7,10,15-16,31-32H2,1-3H3,(H,33,36)(H,34,35).